The van der Waals surface area contributed by atoms with Gasteiger partial charge in [-0.05, 0) is 18.4 Å². The van der Waals surface area contributed by atoms with Crippen LogP contribution in [-0.4, -0.2) is 29.3 Å². The van der Waals surface area contributed by atoms with Crippen LogP contribution in [0.1, 0.15) is 38.8 Å². The van der Waals surface area contributed by atoms with Gasteiger partial charge in [-0.3, -0.25) is 9.59 Å². The Morgan fingerprint density at radius 2 is 1.80 bits per heavy atom. The van der Waals surface area contributed by atoms with Crippen molar-refractivity contribution in [3.05, 3.63) is 35.9 Å². The lowest BCUT2D eigenvalue weighted by atomic mass is 10.0. The summed E-state index contributed by atoms with van der Waals surface area (Å²) in [7, 11) is 0. The van der Waals surface area contributed by atoms with Crippen LogP contribution >= 0.6 is 0 Å². The summed E-state index contributed by atoms with van der Waals surface area (Å²) in [6.07, 6.45) is 0.367. The second-order valence-electron chi connectivity index (χ2n) is 5.66. The van der Waals surface area contributed by atoms with Crippen molar-refractivity contribution in [1.82, 2.24) is 10.2 Å². The van der Waals surface area contributed by atoms with E-state index >= 15 is 0 Å². The van der Waals surface area contributed by atoms with Gasteiger partial charge >= 0.3 is 0 Å². The summed E-state index contributed by atoms with van der Waals surface area (Å²) in [5, 5.41) is 2.83. The molecule has 2 unspecified atom stereocenters. The third-order valence-corrected chi connectivity index (χ3v) is 3.86. The first-order chi connectivity index (χ1) is 9.50. The molecule has 4 heteroatoms. The zero-order valence-corrected chi connectivity index (χ0v) is 12.3. The van der Waals surface area contributed by atoms with Crippen molar-refractivity contribution >= 4 is 11.8 Å². The van der Waals surface area contributed by atoms with Crippen LogP contribution in [-0.2, 0) is 9.59 Å². The average Bonchev–Trinajstić information content (AvgIpc) is 2.59. The van der Waals surface area contributed by atoms with Gasteiger partial charge in [0.15, 0.2) is 0 Å². The number of hydrogen-bond donors (Lipinski definition) is 1. The Labute approximate surface area is 120 Å². The maximum Gasteiger partial charge on any atom is 0.245 e. The average molecular weight is 274 g/mol. The molecule has 2 rings (SSSR count). The molecule has 1 aliphatic heterocycles. The number of nitrogens with one attached hydrogen (secondary N) is 1. The van der Waals surface area contributed by atoms with E-state index in [1.165, 1.54) is 0 Å². The van der Waals surface area contributed by atoms with Crippen LogP contribution in [0, 0.1) is 5.92 Å². The molecular weight excluding hydrogens is 252 g/mol. The van der Waals surface area contributed by atoms with E-state index in [1.54, 1.807) is 0 Å². The molecule has 2 amide bonds. The molecule has 108 valence electrons. The Morgan fingerprint density at radius 3 is 2.40 bits per heavy atom. The Bertz CT molecular complexity index is 485. The summed E-state index contributed by atoms with van der Waals surface area (Å²) in [4.78, 5) is 26.2. The molecule has 1 aromatic rings. The van der Waals surface area contributed by atoms with Gasteiger partial charge in [-0.15, -0.1) is 0 Å². The molecule has 1 aromatic carbocycles. The van der Waals surface area contributed by atoms with Gasteiger partial charge in [-0.2, -0.15) is 0 Å². The minimum Gasteiger partial charge on any atom is -0.344 e. The van der Waals surface area contributed by atoms with Gasteiger partial charge in [0.1, 0.15) is 6.04 Å². The van der Waals surface area contributed by atoms with Crippen LogP contribution in [0.2, 0.25) is 0 Å². The summed E-state index contributed by atoms with van der Waals surface area (Å²) in [6, 6.07) is 9.50. The maximum atomic E-state index is 12.7. The molecule has 2 atom stereocenters. The largest absolute Gasteiger partial charge is 0.344 e. The van der Waals surface area contributed by atoms with Gasteiger partial charge < -0.3 is 10.2 Å². The van der Waals surface area contributed by atoms with Crippen molar-refractivity contribution in [2.45, 2.75) is 39.3 Å². The monoisotopic (exact) mass is 274 g/mol. The molecule has 0 aromatic heterocycles. The Hall–Kier alpha value is -1.84. The van der Waals surface area contributed by atoms with Crippen LogP contribution < -0.4 is 5.32 Å². The Kier molecular flexibility index (Phi) is 4.42. The van der Waals surface area contributed by atoms with Gasteiger partial charge in [0.25, 0.3) is 0 Å². The fourth-order valence-electron chi connectivity index (χ4n) is 2.57. The van der Waals surface area contributed by atoms with Gasteiger partial charge in [-0.25, -0.2) is 0 Å². The third-order valence-electron chi connectivity index (χ3n) is 3.86. The molecule has 0 saturated carbocycles. The van der Waals surface area contributed by atoms with Crippen molar-refractivity contribution in [1.29, 1.82) is 0 Å². The van der Waals surface area contributed by atoms with Gasteiger partial charge in [0.2, 0.25) is 11.8 Å². The van der Waals surface area contributed by atoms with Crippen LogP contribution in [0.25, 0.3) is 0 Å². The minimum atomic E-state index is -0.420. The molecular formula is C16H22N2O2. The first kappa shape index (κ1) is 14.6. The second-order valence-corrected chi connectivity index (χ2v) is 5.66. The summed E-state index contributed by atoms with van der Waals surface area (Å²) < 4.78 is 0. The quantitative estimate of drug-likeness (QED) is 0.918. The second kappa shape index (κ2) is 6.07. The molecule has 0 spiro atoms. The van der Waals surface area contributed by atoms with Crippen LogP contribution in [0.4, 0.5) is 0 Å². The van der Waals surface area contributed by atoms with Gasteiger partial charge in [-0.1, -0.05) is 44.2 Å². The number of carbonyl (C=O) groups is 2. The molecule has 1 aliphatic rings. The van der Waals surface area contributed by atoms with E-state index < -0.39 is 6.04 Å². The normalized spacial score (nSPS) is 21.6. The molecule has 1 heterocycles. The summed E-state index contributed by atoms with van der Waals surface area (Å²) in [5.74, 6) is 0.0667. The van der Waals surface area contributed by atoms with Crippen LogP contribution in [0.5, 0.6) is 0 Å². The topological polar surface area (TPSA) is 49.4 Å². The van der Waals surface area contributed by atoms with Crippen LogP contribution in [0.15, 0.2) is 30.3 Å². The summed E-state index contributed by atoms with van der Waals surface area (Å²) in [6.45, 7) is 6.41. The standard InChI is InChI=1S/C16H22N2O2/c1-11(2)15-16(20)18(10-9-14(19)17-15)12(3)13-7-5-4-6-8-13/h4-8,11-12,15H,9-10H2,1-3H3,(H,17,19). The lowest BCUT2D eigenvalue weighted by Crippen LogP contribution is -2.48. The van der Waals surface area contributed by atoms with Crippen molar-refractivity contribution in [3.63, 3.8) is 0 Å². The third kappa shape index (κ3) is 3.00. The van der Waals surface area contributed by atoms with E-state index in [2.05, 4.69) is 5.32 Å². The zero-order chi connectivity index (χ0) is 14.7. The molecule has 0 aliphatic carbocycles. The first-order valence-electron chi connectivity index (χ1n) is 7.15. The molecule has 0 bridgehead atoms. The maximum absolute atomic E-state index is 12.7. The number of amides is 2. The number of rotatable bonds is 3. The van der Waals surface area contributed by atoms with E-state index in [0.717, 1.165) is 5.56 Å². The Balaban J connectivity index is 2.25. The highest BCUT2D eigenvalue weighted by molar-refractivity contribution is 5.90. The molecule has 20 heavy (non-hydrogen) atoms. The fraction of sp³-hybridized carbons (Fsp3) is 0.500. The van der Waals surface area contributed by atoms with Gasteiger partial charge in [0, 0.05) is 13.0 Å². The van der Waals surface area contributed by atoms with Crippen LogP contribution in [0.3, 0.4) is 0 Å². The number of nitrogens with zero attached hydrogens (tertiary/aromatic N) is 1. The van der Waals surface area contributed by atoms with E-state index in [4.69, 9.17) is 0 Å². The number of carbonyl (C=O) groups excluding carboxylic acids is 2. The smallest absolute Gasteiger partial charge is 0.245 e. The van der Waals surface area contributed by atoms with Crippen molar-refractivity contribution < 1.29 is 9.59 Å². The summed E-state index contributed by atoms with van der Waals surface area (Å²) in [5.41, 5.74) is 1.10. The molecule has 1 saturated heterocycles. The van der Waals surface area contributed by atoms with E-state index in [9.17, 15) is 9.59 Å². The van der Waals surface area contributed by atoms with E-state index in [0.29, 0.717) is 13.0 Å². The molecule has 1 N–H and O–H groups in total. The van der Waals surface area contributed by atoms with Crippen molar-refractivity contribution in [2.24, 2.45) is 5.92 Å². The highest BCUT2D eigenvalue weighted by atomic mass is 16.2. The predicted molar refractivity (Wildman–Crippen MR) is 78.0 cm³/mol. The number of benzene rings is 1. The van der Waals surface area contributed by atoms with Gasteiger partial charge in [0.05, 0.1) is 6.04 Å². The molecule has 0 radical (unpaired) electrons. The first-order valence-corrected chi connectivity index (χ1v) is 7.15. The lowest BCUT2D eigenvalue weighted by molar-refractivity contribution is -0.136. The SMILES string of the molecule is CC(C)C1NC(=O)CCN(C(C)c2ccccc2)C1=O. The molecule has 1 fully saturated rings. The van der Waals surface area contributed by atoms with Crippen molar-refractivity contribution in [2.75, 3.05) is 6.54 Å². The zero-order valence-electron chi connectivity index (χ0n) is 12.3. The Morgan fingerprint density at radius 1 is 1.15 bits per heavy atom. The summed E-state index contributed by atoms with van der Waals surface area (Å²) >= 11 is 0. The van der Waals surface area contributed by atoms with Crippen molar-refractivity contribution in [3.8, 4) is 0 Å². The minimum absolute atomic E-state index is 0.0159. The number of hydrogen-bond acceptors (Lipinski definition) is 2. The van der Waals surface area contributed by atoms with E-state index in [-0.39, 0.29) is 23.8 Å². The van der Waals surface area contributed by atoms with E-state index in [1.807, 2.05) is 56.0 Å². The predicted octanol–water partition coefficient (Wildman–Crippen LogP) is 2.12. The fourth-order valence-corrected chi connectivity index (χ4v) is 2.57. The lowest BCUT2D eigenvalue weighted by Gasteiger charge is -2.31. The molecule has 4 nitrogen and oxygen atoms in total. The highest BCUT2D eigenvalue weighted by Gasteiger charge is 2.34. The highest BCUT2D eigenvalue weighted by Crippen LogP contribution is 2.23.